The van der Waals surface area contributed by atoms with Crippen LogP contribution in [0.1, 0.15) is 31.7 Å². The fourth-order valence-electron chi connectivity index (χ4n) is 1.91. The molecule has 1 aromatic carbocycles. The van der Waals surface area contributed by atoms with Crippen LogP contribution in [-0.2, 0) is 0 Å². The predicted molar refractivity (Wildman–Crippen MR) is 92.2 cm³/mol. The number of benzene rings is 1. The molecule has 0 aliphatic carbocycles. The Morgan fingerprint density at radius 3 is 2.81 bits per heavy atom. The molecule has 0 fully saturated rings. The average Bonchev–Trinajstić information content (AvgIpc) is 2.48. The zero-order valence-corrected chi connectivity index (χ0v) is 14.1. The summed E-state index contributed by atoms with van der Waals surface area (Å²) in [6, 6.07) is 8.02. The lowest BCUT2D eigenvalue weighted by Crippen LogP contribution is -2.06. The second-order valence-corrected chi connectivity index (χ2v) is 5.84. The summed E-state index contributed by atoms with van der Waals surface area (Å²) in [5.41, 5.74) is 2.21. The van der Waals surface area contributed by atoms with E-state index in [0.29, 0.717) is 5.95 Å². The Hall–Kier alpha value is -1.62. The van der Waals surface area contributed by atoms with Gasteiger partial charge in [-0.15, -0.1) is 0 Å². The molecule has 5 heteroatoms. The summed E-state index contributed by atoms with van der Waals surface area (Å²) in [5.74, 6) is 1.46. The summed E-state index contributed by atoms with van der Waals surface area (Å²) in [7, 11) is 0. The van der Waals surface area contributed by atoms with Crippen LogP contribution >= 0.6 is 15.9 Å². The minimum absolute atomic E-state index is 0.669. The van der Waals surface area contributed by atoms with Crippen LogP contribution in [0.3, 0.4) is 0 Å². The summed E-state index contributed by atoms with van der Waals surface area (Å²) in [5, 5.41) is 6.55. The zero-order chi connectivity index (χ0) is 15.1. The lowest BCUT2D eigenvalue weighted by Gasteiger charge is -2.09. The van der Waals surface area contributed by atoms with Crippen molar-refractivity contribution in [1.82, 2.24) is 9.97 Å². The van der Waals surface area contributed by atoms with Crippen molar-refractivity contribution in [3.8, 4) is 0 Å². The van der Waals surface area contributed by atoms with Crippen LogP contribution in [0, 0.1) is 6.92 Å². The van der Waals surface area contributed by atoms with E-state index in [1.54, 1.807) is 6.20 Å². The van der Waals surface area contributed by atoms with Gasteiger partial charge in [-0.3, -0.25) is 0 Å². The van der Waals surface area contributed by atoms with Crippen molar-refractivity contribution >= 4 is 33.4 Å². The number of anilines is 3. The van der Waals surface area contributed by atoms with Crippen molar-refractivity contribution in [1.29, 1.82) is 0 Å². The molecule has 4 nitrogen and oxygen atoms in total. The quantitative estimate of drug-likeness (QED) is 0.699. The predicted octanol–water partition coefficient (Wildman–Crippen LogP) is 4.89. The Morgan fingerprint density at radius 2 is 2.05 bits per heavy atom. The van der Waals surface area contributed by atoms with Crippen molar-refractivity contribution in [2.45, 2.75) is 33.1 Å². The van der Waals surface area contributed by atoms with Crippen molar-refractivity contribution < 1.29 is 0 Å². The van der Waals surface area contributed by atoms with Crippen LogP contribution in [-0.4, -0.2) is 16.5 Å². The van der Waals surface area contributed by atoms with Crippen molar-refractivity contribution in [3.63, 3.8) is 0 Å². The molecule has 2 N–H and O–H groups in total. The zero-order valence-electron chi connectivity index (χ0n) is 12.5. The monoisotopic (exact) mass is 348 g/mol. The van der Waals surface area contributed by atoms with E-state index < -0.39 is 0 Å². The van der Waals surface area contributed by atoms with Gasteiger partial charge in [-0.05, 0) is 37.1 Å². The van der Waals surface area contributed by atoms with E-state index in [0.717, 1.165) is 28.9 Å². The molecule has 1 heterocycles. The average molecular weight is 349 g/mol. The first-order chi connectivity index (χ1) is 10.2. The summed E-state index contributed by atoms with van der Waals surface area (Å²) in [4.78, 5) is 8.71. The van der Waals surface area contributed by atoms with Crippen molar-refractivity contribution in [2.24, 2.45) is 0 Å². The van der Waals surface area contributed by atoms with Gasteiger partial charge in [-0.1, -0.05) is 41.8 Å². The molecular formula is C16H21BrN4. The Balaban J connectivity index is 1.98. The molecule has 0 spiro atoms. The summed E-state index contributed by atoms with van der Waals surface area (Å²) < 4.78 is 1.08. The summed E-state index contributed by atoms with van der Waals surface area (Å²) in [6.07, 6.45) is 5.35. The molecule has 0 unspecified atom stereocenters. The first kappa shape index (κ1) is 15.8. The highest BCUT2D eigenvalue weighted by molar-refractivity contribution is 9.10. The Bertz CT molecular complexity index is 586. The van der Waals surface area contributed by atoms with Crippen LogP contribution in [0.15, 0.2) is 34.9 Å². The Morgan fingerprint density at radius 1 is 1.19 bits per heavy atom. The third kappa shape index (κ3) is 5.01. The number of hydrogen-bond donors (Lipinski definition) is 2. The largest absolute Gasteiger partial charge is 0.354 e. The second kappa shape index (κ2) is 7.98. The van der Waals surface area contributed by atoms with Crippen molar-refractivity contribution in [3.05, 3.63) is 40.5 Å². The van der Waals surface area contributed by atoms with Gasteiger partial charge in [-0.2, -0.15) is 4.98 Å². The van der Waals surface area contributed by atoms with Gasteiger partial charge in [-0.25, -0.2) is 4.98 Å². The first-order valence-electron chi connectivity index (χ1n) is 7.29. The molecule has 1 aromatic heterocycles. The van der Waals surface area contributed by atoms with Gasteiger partial charge in [0, 0.05) is 22.9 Å². The normalized spacial score (nSPS) is 10.4. The van der Waals surface area contributed by atoms with E-state index >= 15 is 0 Å². The molecule has 2 rings (SSSR count). The van der Waals surface area contributed by atoms with E-state index in [4.69, 9.17) is 0 Å². The van der Waals surface area contributed by atoms with E-state index in [9.17, 15) is 0 Å². The minimum atomic E-state index is 0.669. The standard InChI is InChI=1S/C16H21BrN4/c1-3-4-5-9-18-16-19-10-8-15(21-16)20-13-7-6-12(2)14(17)11-13/h6-8,10-11H,3-5,9H2,1-2H3,(H2,18,19,20,21). The molecule has 2 aromatic rings. The molecule has 0 amide bonds. The smallest absolute Gasteiger partial charge is 0.224 e. The third-order valence-electron chi connectivity index (χ3n) is 3.16. The van der Waals surface area contributed by atoms with Crippen LogP contribution in [0.5, 0.6) is 0 Å². The number of aryl methyl sites for hydroxylation is 1. The highest BCUT2D eigenvalue weighted by Crippen LogP contribution is 2.23. The number of rotatable bonds is 7. The minimum Gasteiger partial charge on any atom is -0.354 e. The van der Waals surface area contributed by atoms with Gasteiger partial charge in [0.25, 0.3) is 0 Å². The maximum absolute atomic E-state index is 4.47. The Labute approximate surface area is 134 Å². The number of aromatic nitrogens is 2. The number of nitrogens with zero attached hydrogens (tertiary/aromatic N) is 2. The van der Waals surface area contributed by atoms with Gasteiger partial charge >= 0.3 is 0 Å². The summed E-state index contributed by atoms with van der Waals surface area (Å²) >= 11 is 3.54. The van der Waals surface area contributed by atoms with Gasteiger partial charge in [0.15, 0.2) is 0 Å². The Kier molecular flexibility index (Phi) is 5.99. The van der Waals surface area contributed by atoms with E-state index in [1.165, 1.54) is 18.4 Å². The van der Waals surface area contributed by atoms with E-state index in [1.807, 2.05) is 18.2 Å². The summed E-state index contributed by atoms with van der Waals surface area (Å²) in [6.45, 7) is 5.17. The van der Waals surface area contributed by atoms with Crippen LogP contribution < -0.4 is 10.6 Å². The van der Waals surface area contributed by atoms with Crippen LogP contribution in [0.2, 0.25) is 0 Å². The topological polar surface area (TPSA) is 49.8 Å². The van der Waals surface area contributed by atoms with Crippen molar-refractivity contribution in [2.75, 3.05) is 17.2 Å². The lowest BCUT2D eigenvalue weighted by molar-refractivity contribution is 0.740. The number of unbranched alkanes of at least 4 members (excludes halogenated alkanes) is 2. The van der Waals surface area contributed by atoms with Gasteiger partial charge in [0.2, 0.25) is 5.95 Å². The number of hydrogen-bond acceptors (Lipinski definition) is 4. The van der Waals surface area contributed by atoms with Crippen LogP contribution in [0.25, 0.3) is 0 Å². The number of halogens is 1. The van der Waals surface area contributed by atoms with Gasteiger partial charge < -0.3 is 10.6 Å². The fraction of sp³-hybridized carbons (Fsp3) is 0.375. The lowest BCUT2D eigenvalue weighted by atomic mass is 10.2. The molecule has 112 valence electrons. The van der Waals surface area contributed by atoms with Gasteiger partial charge in [0.1, 0.15) is 5.82 Å². The first-order valence-corrected chi connectivity index (χ1v) is 8.08. The molecule has 0 radical (unpaired) electrons. The third-order valence-corrected chi connectivity index (χ3v) is 4.02. The molecular weight excluding hydrogens is 328 g/mol. The molecule has 0 aliphatic heterocycles. The molecule has 21 heavy (non-hydrogen) atoms. The fourth-order valence-corrected chi connectivity index (χ4v) is 2.29. The molecule has 0 atom stereocenters. The molecule has 0 aliphatic rings. The molecule has 0 saturated carbocycles. The van der Waals surface area contributed by atoms with E-state index in [2.05, 4.69) is 56.4 Å². The van der Waals surface area contributed by atoms with E-state index in [-0.39, 0.29) is 0 Å². The maximum atomic E-state index is 4.47. The molecule has 0 bridgehead atoms. The van der Waals surface area contributed by atoms with Gasteiger partial charge in [0.05, 0.1) is 0 Å². The highest BCUT2D eigenvalue weighted by atomic mass is 79.9. The highest BCUT2D eigenvalue weighted by Gasteiger charge is 2.01. The SMILES string of the molecule is CCCCCNc1nccc(Nc2ccc(C)c(Br)c2)n1. The number of nitrogens with one attached hydrogen (secondary N) is 2. The second-order valence-electron chi connectivity index (χ2n) is 4.99. The maximum Gasteiger partial charge on any atom is 0.224 e. The van der Waals surface area contributed by atoms with Crippen LogP contribution in [0.4, 0.5) is 17.5 Å². The molecule has 0 saturated heterocycles.